The average molecular weight is 471 g/mol. The van der Waals surface area contributed by atoms with Crippen molar-refractivity contribution in [3.05, 3.63) is 62.6 Å². The molecule has 0 saturated carbocycles. The molecule has 0 aliphatic carbocycles. The molecule has 0 bridgehead atoms. The summed E-state index contributed by atoms with van der Waals surface area (Å²) in [6.45, 7) is 5.76. The molecule has 0 unspecified atom stereocenters. The fourth-order valence-electron chi connectivity index (χ4n) is 4.00. The summed E-state index contributed by atoms with van der Waals surface area (Å²) >= 11 is 0. The summed E-state index contributed by atoms with van der Waals surface area (Å²) in [5, 5.41) is 9.19. The third kappa shape index (κ3) is 5.05. The van der Waals surface area contributed by atoms with Crippen molar-refractivity contribution in [2.75, 3.05) is 26.2 Å². The van der Waals surface area contributed by atoms with Gasteiger partial charge in [-0.2, -0.15) is 9.57 Å². The maximum Gasteiger partial charge on any atom is 0.266 e. The van der Waals surface area contributed by atoms with E-state index in [0.717, 1.165) is 5.56 Å². The Hall–Kier alpha value is -3.29. The van der Waals surface area contributed by atoms with Crippen molar-refractivity contribution in [3.8, 4) is 6.07 Å². The number of benzene rings is 1. The zero-order valence-electron chi connectivity index (χ0n) is 18.8. The van der Waals surface area contributed by atoms with Gasteiger partial charge in [-0.3, -0.25) is 14.4 Å². The summed E-state index contributed by atoms with van der Waals surface area (Å²) in [5.74, 6) is -0.247. The molecular weight excluding hydrogens is 444 g/mol. The molecule has 33 heavy (non-hydrogen) atoms. The molecule has 0 atom stereocenters. The second-order valence-electron chi connectivity index (χ2n) is 8.03. The van der Waals surface area contributed by atoms with E-state index >= 15 is 0 Å². The number of nitrogens with zero attached hydrogens (tertiary/aromatic N) is 3. The zero-order valence-corrected chi connectivity index (χ0v) is 19.7. The van der Waals surface area contributed by atoms with Crippen LogP contribution in [-0.4, -0.2) is 60.5 Å². The van der Waals surface area contributed by atoms with Gasteiger partial charge in [-0.1, -0.05) is 12.1 Å². The van der Waals surface area contributed by atoms with Crippen molar-refractivity contribution in [1.29, 1.82) is 5.26 Å². The number of hydrogen-bond acceptors (Lipinski definition) is 6. The molecule has 1 saturated heterocycles. The summed E-state index contributed by atoms with van der Waals surface area (Å²) in [6, 6.07) is 7.74. The Morgan fingerprint density at radius 3 is 2.24 bits per heavy atom. The van der Waals surface area contributed by atoms with Gasteiger partial charge in [0.25, 0.3) is 5.56 Å². The van der Waals surface area contributed by atoms with Crippen LogP contribution in [0.1, 0.15) is 46.1 Å². The largest absolute Gasteiger partial charge is 0.340 e. The lowest BCUT2D eigenvalue weighted by Crippen LogP contribution is -2.50. The summed E-state index contributed by atoms with van der Waals surface area (Å²) in [5.41, 5.74) is 2.05. The van der Waals surface area contributed by atoms with E-state index in [1.165, 1.54) is 35.5 Å². The highest BCUT2D eigenvalue weighted by atomic mass is 32.2. The van der Waals surface area contributed by atoms with Crippen molar-refractivity contribution >= 4 is 21.7 Å². The molecule has 2 aromatic rings. The number of nitrogens with one attached hydrogen (secondary N) is 1. The van der Waals surface area contributed by atoms with Gasteiger partial charge in [0.15, 0.2) is 5.78 Å². The van der Waals surface area contributed by atoms with Crippen LogP contribution in [0.15, 0.2) is 34.0 Å². The monoisotopic (exact) mass is 470 g/mol. The highest BCUT2D eigenvalue weighted by molar-refractivity contribution is 7.89. The van der Waals surface area contributed by atoms with E-state index in [0.29, 0.717) is 23.2 Å². The van der Waals surface area contributed by atoms with Crippen LogP contribution >= 0.6 is 0 Å². The van der Waals surface area contributed by atoms with Gasteiger partial charge in [0.2, 0.25) is 15.9 Å². The Morgan fingerprint density at radius 2 is 1.70 bits per heavy atom. The van der Waals surface area contributed by atoms with E-state index in [1.807, 2.05) is 6.07 Å². The number of hydrogen-bond donors (Lipinski definition) is 1. The van der Waals surface area contributed by atoms with Crippen LogP contribution in [0.2, 0.25) is 0 Å². The van der Waals surface area contributed by atoms with Crippen molar-refractivity contribution in [2.45, 2.75) is 38.5 Å². The number of Topliss-reactive ketones (excluding diaryl/α,β-unsaturated/α-hetero) is 1. The van der Waals surface area contributed by atoms with E-state index in [2.05, 4.69) is 4.98 Å². The Morgan fingerprint density at radius 1 is 1.09 bits per heavy atom. The number of sulfonamides is 1. The number of nitriles is 1. The van der Waals surface area contributed by atoms with E-state index in [1.54, 1.807) is 18.7 Å². The normalized spacial score (nSPS) is 14.7. The third-order valence-corrected chi connectivity index (χ3v) is 7.91. The maximum atomic E-state index is 12.9. The Kier molecular flexibility index (Phi) is 7.15. The van der Waals surface area contributed by atoms with Gasteiger partial charge >= 0.3 is 0 Å². The lowest BCUT2D eigenvalue weighted by molar-refractivity contribution is -0.132. The maximum absolute atomic E-state index is 12.9. The minimum Gasteiger partial charge on any atom is -0.340 e. The molecular formula is C23H26N4O5S. The molecule has 1 amide bonds. The Bertz CT molecular complexity index is 1280. The minimum absolute atomic E-state index is 0.0539. The second-order valence-corrected chi connectivity index (χ2v) is 9.97. The third-order valence-electron chi connectivity index (χ3n) is 6.00. The Labute approximate surface area is 192 Å². The van der Waals surface area contributed by atoms with Crippen molar-refractivity contribution in [3.63, 3.8) is 0 Å². The van der Waals surface area contributed by atoms with Crippen LogP contribution in [0.25, 0.3) is 0 Å². The van der Waals surface area contributed by atoms with Gasteiger partial charge < -0.3 is 9.88 Å². The molecule has 1 aliphatic rings. The van der Waals surface area contributed by atoms with Crippen LogP contribution in [0.5, 0.6) is 0 Å². The number of carbonyl (C=O) groups excluding carboxylic acids is 2. The lowest BCUT2D eigenvalue weighted by Gasteiger charge is -2.34. The smallest absolute Gasteiger partial charge is 0.266 e. The number of pyridine rings is 1. The number of aryl methyl sites for hydroxylation is 1. The standard InChI is InChI=1S/C23H26N4O5S/c1-15-20(16(2)25-23(30)21(15)14-24)8-9-22(29)26-10-12-27(13-11-26)33(31,32)19-6-4-18(5-7-19)17(3)28/h4-7H,8-13H2,1-3H3,(H,25,30). The number of ketones is 1. The number of piperazine rings is 1. The van der Waals surface area contributed by atoms with Gasteiger partial charge in [0, 0.05) is 43.9 Å². The Balaban J connectivity index is 1.62. The first-order valence-corrected chi connectivity index (χ1v) is 12.0. The summed E-state index contributed by atoms with van der Waals surface area (Å²) in [7, 11) is -3.71. The molecule has 0 spiro atoms. The van der Waals surface area contributed by atoms with Gasteiger partial charge in [0.05, 0.1) is 4.90 Å². The SMILES string of the molecule is CC(=O)c1ccc(S(=O)(=O)N2CCN(C(=O)CCc3c(C)[nH]c(=O)c(C#N)c3C)CC2)cc1. The number of aromatic amines is 1. The van der Waals surface area contributed by atoms with Gasteiger partial charge in [-0.15, -0.1) is 0 Å². The fraction of sp³-hybridized carbons (Fsp3) is 0.391. The van der Waals surface area contributed by atoms with Crippen molar-refractivity contribution in [2.24, 2.45) is 0 Å². The quantitative estimate of drug-likeness (QED) is 0.637. The van der Waals surface area contributed by atoms with E-state index in [9.17, 15) is 28.1 Å². The van der Waals surface area contributed by atoms with E-state index in [-0.39, 0.29) is 54.7 Å². The average Bonchev–Trinajstić information content (AvgIpc) is 2.79. The first-order chi connectivity index (χ1) is 15.6. The highest BCUT2D eigenvalue weighted by Gasteiger charge is 2.30. The van der Waals surface area contributed by atoms with Gasteiger partial charge in [-0.25, -0.2) is 8.42 Å². The molecule has 1 aromatic carbocycles. The lowest BCUT2D eigenvalue weighted by atomic mass is 9.99. The van der Waals surface area contributed by atoms with Crippen LogP contribution in [-0.2, 0) is 21.2 Å². The molecule has 1 fully saturated rings. The molecule has 0 radical (unpaired) electrons. The number of amides is 1. The van der Waals surface area contributed by atoms with Crippen LogP contribution in [0, 0.1) is 25.2 Å². The number of carbonyl (C=O) groups is 2. The molecule has 10 heteroatoms. The number of H-pyrrole nitrogens is 1. The van der Waals surface area contributed by atoms with E-state index < -0.39 is 15.6 Å². The molecule has 1 aliphatic heterocycles. The highest BCUT2D eigenvalue weighted by Crippen LogP contribution is 2.20. The molecule has 1 aromatic heterocycles. The van der Waals surface area contributed by atoms with E-state index in [4.69, 9.17) is 0 Å². The summed E-state index contributed by atoms with van der Waals surface area (Å²) in [6.07, 6.45) is 0.570. The molecule has 9 nitrogen and oxygen atoms in total. The molecule has 3 rings (SSSR count). The topological polar surface area (TPSA) is 131 Å². The van der Waals surface area contributed by atoms with Crippen LogP contribution in [0.3, 0.4) is 0 Å². The summed E-state index contributed by atoms with van der Waals surface area (Å²) < 4.78 is 27.1. The first-order valence-electron chi connectivity index (χ1n) is 10.6. The minimum atomic E-state index is -3.71. The predicted molar refractivity (Wildman–Crippen MR) is 121 cm³/mol. The summed E-state index contributed by atoms with van der Waals surface area (Å²) in [4.78, 5) is 40.4. The molecule has 174 valence electrons. The van der Waals surface area contributed by atoms with Gasteiger partial charge in [-0.05, 0) is 50.5 Å². The number of aromatic nitrogens is 1. The second kappa shape index (κ2) is 9.68. The van der Waals surface area contributed by atoms with Crippen LogP contribution in [0.4, 0.5) is 0 Å². The van der Waals surface area contributed by atoms with Crippen molar-refractivity contribution in [1.82, 2.24) is 14.2 Å². The first kappa shape index (κ1) is 24.4. The molecule has 1 N–H and O–H groups in total. The predicted octanol–water partition coefficient (Wildman–Crippen LogP) is 1.53. The van der Waals surface area contributed by atoms with Crippen molar-refractivity contribution < 1.29 is 18.0 Å². The van der Waals surface area contributed by atoms with Gasteiger partial charge in [0.1, 0.15) is 11.6 Å². The molecule has 2 heterocycles. The zero-order chi connectivity index (χ0) is 24.3. The fourth-order valence-corrected chi connectivity index (χ4v) is 5.42. The number of rotatable bonds is 6. The van der Waals surface area contributed by atoms with Crippen LogP contribution < -0.4 is 5.56 Å².